The van der Waals surface area contributed by atoms with E-state index in [0.717, 1.165) is 0 Å². The van der Waals surface area contributed by atoms with Crippen LogP contribution in [0.3, 0.4) is 0 Å². The van der Waals surface area contributed by atoms with E-state index < -0.39 is 18.8 Å². The van der Waals surface area contributed by atoms with E-state index in [2.05, 4.69) is 0 Å². The molecule has 1 aromatic rings. The Morgan fingerprint density at radius 3 is 2.33 bits per heavy atom. The number of benzene rings is 1. The minimum Gasteiger partial charge on any atom is -0.399 e. The normalized spacial score (nSPS) is 12.1. The van der Waals surface area contributed by atoms with Gasteiger partial charge in [0.15, 0.2) is 0 Å². The molecule has 0 aliphatic carbocycles. The molecule has 0 radical (unpaired) electrons. The maximum absolute atomic E-state index is 12.7. The summed E-state index contributed by atoms with van der Waals surface area (Å²) in [6, 6.07) is 4.29. The topological polar surface area (TPSA) is 26.0 Å². The minimum absolute atomic E-state index is 0.123. The quantitative estimate of drug-likeness (QED) is 0.616. The highest BCUT2D eigenvalue weighted by molar-refractivity contribution is 5.44. The predicted molar refractivity (Wildman–Crippen MR) is 50.2 cm³/mol. The van der Waals surface area contributed by atoms with Crippen molar-refractivity contribution in [1.29, 1.82) is 0 Å². The number of hydrogen-bond donors (Lipinski definition) is 1. The van der Waals surface area contributed by atoms with E-state index in [4.69, 9.17) is 5.73 Å². The predicted octanol–water partition coefficient (Wildman–Crippen LogP) is 3.02. The first-order valence-corrected chi connectivity index (χ1v) is 4.33. The van der Waals surface area contributed by atoms with Crippen molar-refractivity contribution in [2.75, 3.05) is 5.73 Å². The van der Waals surface area contributed by atoms with Gasteiger partial charge in [-0.3, -0.25) is 0 Å². The molecule has 0 saturated heterocycles. The van der Waals surface area contributed by atoms with Gasteiger partial charge in [-0.1, -0.05) is 6.07 Å². The van der Waals surface area contributed by atoms with Gasteiger partial charge in [-0.05, 0) is 30.2 Å². The van der Waals surface area contributed by atoms with Crippen LogP contribution < -0.4 is 5.73 Å². The summed E-state index contributed by atoms with van der Waals surface area (Å²) in [6.07, 6.45) is -4.64. The SMILES string of the molecule is Cc1cc(N)cc(CC(F)(F)C(F)F)c1. The first-order chi connectivity index (χ1) is 6.81. The highest BCUT2D eigenvalue weighted by atomic mass is 19.3. The van der Waals surface area contributed by atoms with Gasteiger partial charge < -0.3 is 5.73 Å². The van der Waals surface area contributed by atoms with E-state index >= 15 is 0 Å². The Bertz CT molecular complexity index is 329. The van der Waals surface area contributed by atoms with Gasteiger partial charge in [-0.25, -0.2) is 8.78 Å². The van der Waals surface area contributed by atoms with Gasteiger partial charge >= 0.3 is 12.3 Å². The zero-order valence-corrected chi connectivity index (χ0v) is 8.11. The van der Waals surface area contributed by atoms with Crippen LogP contribution in [0.15, 0.2) is 18.2 Å². The Balaban J connectivity index is 2.89. The number of rotatable bonds is 3. The number of alkyl halides is 4. The second-order valence-electron chi connectivity index (χ2n) is 3.49. The molecule has 2 N–H and O–H groups in total. The number of nitrogen functional groups attached to an aromatic ring is 1. The van der Waals surface area contributed by atoms with Crippen LogP contribution in [-0.4, -0.2) is 12.3 Å². The Hall–Kier alpha value is -1.26. The second-order valence-corrected chi connectivity index (χ2v) is 3.49. The van der Waals surface area contributed by atoms with Crippen LogP contribution in [-0.2, 0) is 6.42 Å². The zero-order chi connectivity index (χ0) is 11.6. The van der Waals surface area contributed by atoms with Crippen LogP contribution in [0.4, 0.5) is 23.2 Å². The van der Waals surface area contributed by atoms with Gasteiger partial charge in [0.2, 0.25) is 0 Å². The lowest BCUT2D eigenvalue weighted by Gasteiger charge is -2.15. The maximum Gasteiger partial charge on any atom is 0.311 e. The molecule has 0 aliphatic heterocycles. The number of halogens is 4. The van der Waals surface area contributed by atoms with Gasteiger partial charge in [0, 0.05) is 12.1 Å². The molecule has 0 aliphatic rings. The van der Waals surface area contributed by atoms with Crippen LogP contribution in [0, 0.1) is 6.92 Å². The molecule has 84 valence electrons. The molecule has 0 fully saturated rings. The molecule has 0 unspecified atom stereocenters. The van der Waals surface area contributed by atoms with E-state index in [1.165, 1.54) is 12.1 Å². The van der Waals surface area contributed by atoms with Crippen LogP contribution >= 0.6 is 0 Å². The lowest BCUT2D eigenvalue weighted by atomic mass is 10.0. The van der Waals surface area contributed by atoms with Gasteiger partial charge in [0.05, 0.1) is 0 Å². The van der Waals surface area contributed by atoms with Crippen molar-refractivity contribution >= 4 is 5.69 Å². The molecule has 0 amide bonds. The third-order valence-electron chi connectivity index (χ3n) is 1.92. The third-order valence-corrected chi connectivity index (χ3v) is 1.92. The molecule has 5 heteroatoms. The number of anilines is 1. The van der Waals surface area contributed by atoms with E-state index in [1.807, 2.05) is 0 Å². The van der Waals surface area contributed by atoms with Crippen LogP contribution in [0.25, 0.3) is 0 Å². The smallest absolute Gasteiger partial charge is 0.311 e. The molecule has 1 rings (SSSR count). The molecule has 0 heterocycles. The van der Waals surface area contributed by atoms with Crippen molar-refractivity contribution in [3.05, 3.63) is 29.3 Å². The van der Waals surface area contributed by atoms with Crippen molar-refractivity contribution in [3.63, 3.8) is 0 Å². The average Bonchev–Trinajstić information content (AvgIpc) is 1.99. The van der Waals surface area contributed by atoms with E-state index in [1.54, 1.807) is 13.0 Å². The van der Waals surface area contributed by atoms with Gasteiger partial charge in [0.1, 0.15) is 0 Å². The fourth-order valence-electron chi connectivity index (χ4n) is 1.35. The number of aryl methyl sites for hydroxylation is 1. The first-order valence-electron chi connectivity index (χ1n) is 4.33. The highest BCUT2D eigenvalue weighted by Gasteiger charge is 2.40. The maximum atomic E-state index is 12.7. The largest absolute Gasteiger partial charge is 0.399 e. The molecular formula is C10H11F4N. The molecule has 1 nitrogen and oxygen atoms in total. The van der Waals surface area contributed by atoms with Crippen molar-refractivity contribution in [1.82, 2.24) is 0 Å². The highest BCUT2D eigenvalue weighted by Crippen LogP contribution is 2.28. The van der Waals surface area contributed by atoms with Crippen molar-refractivity contribution < 1.29 is 17.6 Å². The minimum atomic E-state index is -4.00. The summed E-state index contributed by atoms with van der Waals surface area (Å²) in [4.78, 5) is 0. The van der Waals surface area contributed by atoms with Crippen LogP contribution in [0.1, 0.15) is 11.1 Å². The average molecular weight is 221 g/mol. The fourth-order valence-corrected chi connectivity index (χ4v) is 1.35. The van der Waals surface area contributed by atoms with Crippen molar-refractivity contribution in [2.24, 2.45) is 0 Å². The van der Waals surface area contributed by atoms with Gasteiger partial charge in [-0.15, -0.1) is 0 Å². The Labute approximate surface area is 84.9 Å². The summed E-state index contributed by atoms with van der Waals surface area (Å²) in [5.41, 5.74) is 6.52. The first kappa shape index (κ1) is 11.8. The van der Waals surface area contributed by atoms with Crippen molar-refractivity contribution in [3.8, 4) is 0 Å². The second kappa shape index (κ2) is 4.08. The summed E-state index contributed by atoms with van der Waals surface area (Å²) in [7, 11) is 0. The van der Waals surface area contributed by atoms with E-state index in [0.29, 0.717) is 11.3 Å². The summed E-state index contributed by atoms with van der Waals surface area (Å²) < 4.78 is 49.2. The summed E-state index contributed by atoms with van der Waals surface area (Å²) in [5, 5.41) is 0. The molecule has 1 aromatic carbocycles. The van der Waals surface area contributed by atoms with E-state index in [-0.39, 0.29) is 5.56 Å². The van der Waals surface area contributed by atoms with Crippen LogP contribution in [0.2, 0.25) is 0 Å². The molecule has 0 spiro atoms. The monoisotopic (exact) mass is 221 g/mol. The van der Waals surface area contributed by atoms with E-state index in [9.17, 15) is 17.6 Å². The summed E-state index contributed by atoms with van der Waals surface area (Å²) in [6.45, 7) is 1.67. The Morgan fingerprint density at radius 2 is 1.87 bits per heavy atom. The molecule has 0 atom stereocenters. The van der Waals surface area contributed by atoms with Gasteiger partial charge in [-0.2, -0.15) is 8.78 Å². The van der Waals surface area contributed by atoms with Gasteiger partial charge in [0.25, 0.3) is 0 Å². The third kappa shape index (κ3) is 3.11. The molecule has 15 heavy (non-hydrogen) atoms. The number of hydrogen-bond acceptors (Lipinski definition) is 1. The zero-order valence-electron chi connectivity index (χ0n) is 8.11. The summed E-state index contributed by atoms with van der Waals surface area (Å²) in [5.74, 6) is -4.00. The number of nitrogens with two attached hydrogens (primary N) is 1. The molecule has 0 saturated carbocycles. The molecule has 0 aromatic heterocycles. The summed E-state index contributed by atoms with van der Waals surface area (Å²) >= 11 is 0. The lowest BCUT2D eigenvalue weighted by molar-refractivity contribution is -0.127. The van der Waals surface area contributed by atoms with Crippen LogP contribution in [0.5, 0.6) is 0 Å². The lowest BCUT2D eigenvalue weighted by Crippen LogP contribution is -2.29. The molecule has 0 bridgehead atoms. The fraction of sp³-hybridized carbons (Fsp3) is 0.400. The Kier molecular flexibility index (Phi) is 3.21. The Morgan fingerprint density at radius 1 is 1.27 bits per heavy atom. The molecular weight excluding hydrogens is 210 g/mol. The van der Waals surface area contributed by atoms with Crippen molar-refractivity contribution in [2.45, 2.75) is 25.7 Å². The standard InChI is InChI=1S/C10H11F4N/c1-6-2-7(4-8(15)3-6)5-10(13,14)9(11)12/h2-4,9H,5,15H2,1H3.